The maximum atomic E-state index is 13.1. The molecule has 1 aromatic rings. The molecule has 0 aliphatic heterocycles. The lowest BCUT2D eigenvalue weighted by atomic mass is 9.98. The molecular weight excluding hydrogens is 256 g/mol. The van der Waals surface area contributed by atoms with E-state index >= 15 is 0 Å². The molecule has 102 valence electrons. The molecule has 1 aromatic carbocycles. The number of halogens is 3. The van der Waals surface area contributed by atoms with Crippen LogP contribution in [0.25, 0.3) is 0 Å². The van der Waals surface area contributed by atoms with Gasteiger partial charge in [0.25, 0.3) is 0 Å². The lowest BCUT2D eigenvalue weighted by molar-refractivity contribution is 0.471. The first kappa shape index (κ1) is 15.4. The van der Waals surface area contributed by atoms with Crippen molar-refractivity contribution < 1.29 is 8.78 Å². The van der Waals surface area contributed by atoms with E-state index in [0.717, 1.165) is 32.0 Å². The van der Waals surface area contributed by atoms with Crippen molar-refractivity contribution in [2.75, 3.05) is 13.1 Å². The highest BCUT2D eigenvalue weighted by molar-refractivity contribution is 6.31. The Bertz CT molecular complexity index is 382. The van der Waals surface area contributed by atoms with Crippen LogP contribution in [0.5, 0.6) is 0 Å². The van der Waals surface area contributed by atoms with Crippen LogP contribution in [0.2, 0.25) is 5.02 Å². The Kier molecular flexibility index (Phi) is 6.58. The zero-order valence-electron chi connectivity index (χ0n) is 10.9. The number of nitrogens with one attached hydrogen (secondary N) is 1. The average Bonchev–Trinajstić information content (AvgIpc) is 2.32. The van der Waals surface area contributed by atoms with Crippen LogP contribution in [0.3, 0.4) is 0 Å². The number of hydrogen-bond acceptors (Lipinski definition) is 1. The normalized spacial score (nSPS) is 12.7. The van der Waals surface area contributed by atoms with Crippen molar-refractivity contribution in [3.8, 4) is 0 Å². The molecule has 4 heteroatoms. The second-order valence-corrected chi connectivity index (χ2v) is 5.05. The van der Waals surface area contributed by atoms with Gasteiger partial charge in [-0.25, -0.2) is 8.78 Å². The van der Waals surface area contributed by atoms with Crippen LogP contribution < -0.4 is 5.32 Å². The maximum Gasteiger partial charge on any atom is 0.160 e. The summed E-state index contributed by atoms with van der Waals surface area (Å²) in [6.45, 7) is 6.20. The van der Waals surface area contributed by atoms with E-state index in [0.29, 0.717) is 22.9 Å². The Morgan fingerprint density at radius 2 is 1.89 bits per heavy atom. The summed E-state index contributed by atoms with van der Waals surface area (Å²) in [5.74, 6) is -1.17. The molecule has 0 amide bonds. The highest BCUT2D eigenvalue weighted by atomic mass is 35.5. The van der Waals surface area contributed by atoms with Crippen LogP contribution in [0.15, 0.2) is 12.1 Å². The van der Waals surface area contributed by atoms with Gasteiger partial charge < -0.3 is 5.32 Å². The maximum absolute atomic E-state index is 13.1. The molecule has 1 atom stereocenters. The predicted octanol–water partition coefficient (Wildman–Crippen LogP) is 4.19. The van der Waals surface area contributed by atoms with Crippen LogP contribution in [-0.4, -0.2) is 13.1 Å². The van der Waals surface area contributed by atoms with Crippen LogP contribution in [0, 0.1) is 17.6 Å². The molecule has 18 heavy (non-hydrogen) atoms. The van der Waals surface area contributed by atoms with Crippen molar-refractivity contribution in [2.24, 2.45) is 5.92 Å². The van der Waals surface area contributed by atoms with Crippen LogP contribution in [0.1, 0.15) is 32.3 Å². The molecule has 0 fully saturated rings. The van der Waals surface area contributed by atoms with E-state index in [1.165, 1.54) is 6.07 Å². The van der Waals surface area contributed by atoms with Crippen LogP contribution in [-0.2, 0) is 6.42 Å². The summed E-state index contributed by atoms with van der Waals surface area (Å²) >= 11 is 5.89. The van der Waals surface area contributed by atoms with Gasteiger partial charge >= 0.3 is 0 Å². The fourth-order valence-electron chi connectivity index (χ4n) is 1.83. The topological polar surface area (TPSA) is 12.0 Å². The van der Waals surface area contributed by atoms with E-state index in [4.69, 9.17) is 11.6 Å². The molecule has 0 aliphatic rings. The highest BCUT2D eigenvalue weighted by Gasteiger charge is 2.10. The van der Waals surface area contributed by atoms with E-state index < -0.39 is 11.6 Å². The molecule has 0 bridgehead atoms. The molecule has 0 aliphatic carbocycles. The molecule has 0 saturated carbocycles. The van der Waals surface area contributed by atoms with Crippen molar-refractivity contribution in [2.45, 2.75) is 33.1 Å². The molecule has 0 saturated heterocycles. The van der Waals surface area contributed by atoms with Gasteiger partial charge in [-0.2, -0.15) is 0 Å². The highest BCUT2D eigenvalue weighted by Crippen LogP contribution is 2.23. The van der Waals surface area contributed by atoms with Gasteiger partial charge in [-0.05, 0) is 56.0 Å². The van der Waals surface area contributed by atoms with Crippen molar-refractivity contribution in [3.63, 3.8) is 0 Å². The molecule has 0 radical (unpaired) electrons. The first-order chi connectivity index (χ1) is 8.54. The van der Waals surface area contributed by atoms with Crippen molar-refractivity contribution in [1.82, 2.24) is 5.32 Å². The molecule has 1 rings (SSSR count). The third-order valence-corrected chi connectivity index (χ3v) is 3.41. The zero-order chi connectivity index (χ0) is 13.5. The molecule has 1 nitrogen and oxygen atoms in total. The minimum atomic E-state index is -0.885. The Morgan fingerprint density at radius 1 is 1.22 bits per heavy atom. The van der Waals surface area contributed by atoms with Gasteiger partial charge in [-0.3, -0.25) is 0 Å². The second-order valence-electron chi connectivity index (χ2n) is 4.64. The van der Waals surface area contributed by atoms with Crippen LogP contribution in [0.4, 0.5) is 8.78 Å². The first-order valence-electron chi connectivity index (χ1n) is 6.38. The van der Waals surface area contributed by atoms with Gasteiger partial charge in [0.1, 0.15) is 0 Å². The fraction of sp³-hybridized carbons (Fsp3) is 0.571. The second kappa shape index (κ2) is 7.70. The predicted molar refractivity (Wildman–Crippen MR) is 72.0 cm³/mol. The molecular formula is C14H20ClF2N. The summed E-state index contributed by atoms with van der Waals surface area (Å²) in [5, 5.41) is 3.58. The van der Waals surface area contributed by atoms with Crippen molar-refractivity contribution in [1.29, 1.82) is 0 Å². The number of hydrogen-bond donors (Lipinski definition) is 1. The number of rotatable bonds is 7. The summed E-state index contributed by atoms with van der Waals surface area (Å²) in [7, 11) is 0. The van der Waals surface area contributed by atoms with Gasteiger partial charge in [0.2, 0.25) is 0 Å². The Morgan fingerprint density at radius 3 is 2.56 bits per heavy atom. The van der Waals surface area contributed by atoms with Crippen molar-refractivity contribution in [3.05, 3.63) is 34.4 Å². The quantitative estimate of drug-likeness (QED) is 0.581. The molecule has 1 unspecified atom stereocenters. The van der Waals surface area contributed by atoms with Crippen LogP contribution >= 0.6 is 11.6 Å². The van der Waals surface area contributed by atoms with Gasteiger partial charge in [0.05, 0.1) is 0 Å². The van der Waals surface area contributed by atoms with Gasteiger partial charge in [-0.1, -0.05) is 25.4 Å². The SMILES string of the molecule is CCNCCC(C)CCc1cc(F)c(F)cc1Cl. The Balaban J connectivity index is 2.45. The van der Waals surface area contributed by atoms with E-state index in [1.807, 2.05) is 0 Å². The number of aryl methyl sites for hydroxylation is 1. The van der Waals surface area contributed by atoms with Gasteiger partial charge in [-0.15, -0.1) is 0 Å². The number of benzene rings is 1. The summed E-state index contributed by atoms with van der Waals surface area (Å²) in [6, 6.07) is 2.25. The average molecular weight is 276 g/mol. The summed E-state index contributed by atoms with van der Waals surface area (Å²) in [4.78, 5) is 0. The summed E-state index contributed by atoms with van der Waals surface area (Å²) in [6.07, 6.45) is 2.69. The zero-order valence-corrected chi connectivity index (χ0v) is 11.7. The Hall–Kier alpha value is -0.670. The van der Waals surface area contributed by atoms with E-state index in [-0.39, 0.29) is 0 Å². The molecule has 1 N–H and O–H groups in total. The van der Waals surface area contributed by atoms with E-state index in [1.54, 1.807) is 0 Å². The molecule has 0 aromatic heterocycles. The smallest absolute Gasteiger partial charge is 0.160 e. The van der Waals surface area contributed by atoms with E-state index in [9.17, 15) is 8.78 Å². The third-order valence-electron chi connectivity index (χ3n) is 3.06. The standard InChI is InChI=1S/C14H20ClF2N/c1-3-18-7-6-10(2)4-5-11-8-13(16)14(17)9-12(11)15/h8-10,18H,3-7H2,1-2H3. The third kappa shape index (κ3) is 4.91. The monoisotopic (exact) mass is 275 g/mol. The minimum absolute atomic E-state index is 0.313. The molecule has 0 heterocycles. The largest absolute Gasteiger partial charge is 0.317 e. The minimum Gasteiger partial charge on any atom is -0.317 e. The summed E-state index contributed by atoms with van der Waals surface area (Å²) in [5.41, 5.74) is 0.686. The van der Waals surface area contributed by atoms with Crippen molar-refractivity contribution >= 4 is 11.6 Å². The lowest BCUT2D eigenvalue weighted by Gasteiger charge is -2.12. The Labute approximate surface area is 113 Å². The lowest BCUT2D eigenvalue weighted by Crippen LogP contribution is -2.16. The summed E-state index contributed by atoms with van der Waals surface area (Å²) < 4.78 is 26.0. The van der Waals surface area contributed by atoms with Gasteiger partial charge in [0.15, 0.2) is 11.6 Å². The van der Waals surface area contributed by atoms with E-state index in [2.05, 4.69) is 19.2 Å². The first-order valence-corrected chi connectivity index (χ1v) is 6.76. The fourth-order valence-corrected chi connectivity index (χ4v) is 2.07. The molecule has 0 spiro atoms. The van der Waals surface area contributed by atoms with Gasteiger partial charge in [0, 0.05) is 5.02 Å².